The molecule has 2 aromatic rings. The Bertz CT molecular complexity index is 605. The van der Waals surface area contributed by atoms with Crippen LogP contribution in [0.25, 0.3) is 21.6 Å². The van der Waals surface area contributed by atoms with Gasteiger partial charge in [-0.3, -0.25) is 4.57 Å². The van der Waals surface area contributed by atoms with E-state index in [0.29, 0.717) is 11.2 Å². The minimum Gasteiger partial charge on any atom is -0.394 e. The van der Waals surface area contributed by atoms with E-state index in [4.69, 9.17) is 21.1 Å². The zero-order valence-corrected chi connectivity index (χ0v) is 9.92. The molecular formula is C9H12N8O2. The summed E-state index contributed by atoms with van der Waals surface area (Å²) in [4.78, 5) is 14.6. The lowest BCUT2D eigenvalue weighted by Crippen LogP contribution is -2.22. The molecule has 19 heavy (non-hydrogen) atoms. The lowest BCUT2D eigenvalue weighted by molar-refractivity contribution is -0.0168. The highest BCUT2D eigenvalue weighted by Gasteiger charge is 2.10. The van der Waals surface area contributed by atoms with Gasteiger partial charge in [0.25, 0.3) is 0 Å². The lowest BCUT2D eigenvalue weighted by atomic mass is 10.4. The topological polar surface area (TPSA) is 148 Å². The second-order valence-corrected chi connectivity index (χ2v) is 3.66. The summed E-state index contributed by atoms with van der Waals surface area (Å²) in [5, 5.41) is 12.4. The Kier molecular flexibility index (Phi) is 4.08. The summed E-state index contributed by atoms with van der Waals surface area (Å²) >= 11 is 0. The number of anilines is 1. The van der Waals surface area contributed by atoms with Crippen LogP contribution in [0.15, 0.2) is 17.8 Å². The van der Waals surface area contributed by atoms with Gasteiger partial charge in [0, 0.05) is 4.91 Å². The molecule has 3 N–H and O–H groups in total. The van der Waals surface area contributed by atoms with Crippen LogP contribution < -0.4 is 5.73 Å². The van der Waals surface area contributed by atoms with Gasteiger partial charge in [-0.2, -0.15) is 0 Å². The van der Waals surface area contributed by atoms with Crippen LogP contribution in [0.4, 0.5) is 5.82 Å². The van der Waals surface area contributed by atoms with Crippen molar-refractivity contribution in [1.82, 2.24) is 19.5 Å². The molecule has 100 valence electrons. The second-order valence-electron chi connectivity index (χ2n) is 3.66. The van der Waals surface area contributed by atoms with E-state index in [1.54, 1.807) is 4.57 Å². The van der Waals surface area contributed by atoms with E-state index in [-0.39, 0.29) is 25.7 Å². The van der Waals surface area contributed by atoms with Gasteiger partial charge >= 0.3 is 0 Å². The van der Waals surface area contributed by atoms with E-state index in [1.807, 2.05) is 0 Å². The van der Waals surface area contributed by atoms with Crippen molar-refractivity contribution >= 4 is 17.0 Å². The van der Waals surface area contributed by atoms with Crippen molar-refractivity contribution in [2.24, 2.45) is 5.11 Å². The number of aliphatic hydroxyl groups is 1. The molecule has 0 saturated heterocycles. The summed E-state index contributed by atoms with van der Waals surface area (Å²) in [6, 6.07) is 0. The third kappa shape index (κ3) is 2.88. The first-order valence-corrected chi connectivity index (χ1v) is 5.41. The number of azide groups is 1. The molecule has 1 unspecified atom stereocenters. The Morgan fingerprint density at radius 2 is 2.37 bits per heavy atom. The fourth-order valence-electron chi connectivity index (χ4n) is 1.47. The molecule has 0 aliphatic carbocycles. The predicted octanol–water partition coefficient (Wildman–Crippen LogP) is 0.0538. The zero-order chi connectivity index (χ0) is 13.7. The van der Waals surface area contributed by atoms with Crippen LogP contribution in [0.2, 0.25) is 0 Å². The molecule has 1 atom stereocenters. The van der Waals surface area contributed by atoms with E-state index in [9.17, 15) is 0 Å². The number of fused-ring (bicyclic) bond motifs is 1. The number of nitrogen functional groups attached to an aromatic ring is 1. The normalized spacial score (nSPS) is 12.3. The van der Waals surface area contributed by atoms with E-state index in [1.165, 1.54) is 12.7 Å². The third-order valence-electron chi connectivity index (χ3n) is 2.43. The molecule has 0 spiro atoms. The van der Waals surface area contributed by atoms with Crippen molar-refractivity contribution in [3.8, 4) is 0 Å². The van der Waals surface area contributed by atoms with Crippen LogP contribution in [0.1, 0.15) is 0 Å². The average molecular weight is 264 g/mol. The van der Waals surface area contributed by atoms with Gasteiger partial charge in [-0.05, 0) is 5.53 Å². The number of aromatic nitrogens is 4. The molecule has 2 rings (SSSR count). The van der Waals surface area contributed by atoms with Crippen molar-refractivity contribution in [3.05, 3.63) is 23.1 Å². The van der Waals surface area contributed by atoms with Gasteiger partial charge in [-0.15, -0.1) is 0 Å². The first-order valence-electron chi connectivity index (χ1n) is 5.41. The van der Waals surface area contributed by atoms with Crippen LogP contribution in [-0.2, 0) is 11.5 Å². The summed E-state index contributed by atoms with van der Waals surface area (Å²) in [5.41, 5.74) is 14.9. The van der Waals surface area contributed by atoms with Crippen LogP contribution in [0.5, 0.6) is 0 Å². The maximum Gasteiger partial charge on any atom is 0.167 e. The summed E-state index contributed by atoms with van der Waals surface area (Å²) in [6.45, 7) is -0.0847. The second kappa shape index (κ2) is 5.96. The molecule has 0 fully saturated rings. The number of rotatable bonds is 6. The zero-order valence-electron chi connectivity index (χ0n) is 9.92. The molecule has 0 amide bonds. The highest BCUT2D eigenvalue weighted by molar-refractivity contribution is 5.80. The maximum absolute atomic E-state index is 9.06. The highest BCUT2D eigenvalue weighted by Crippen LogP contribution is 2.14. The summed E-state index contributed by atoms with van der Waals surface area (Å²) in [6.07, 6.45) is 2.27. The summed E-state index contributed by atoms with van der Waals surface area (Å²) < 4.78 is 7.01. The van der Waals surface area contributed by atoms with Crippen molar-refractivity contribution in [1.29, 1.82) is 0 Å². The Morgan fingerprint density at radius 3 is 3.11 bits per heavy atom. The smallest absolute Gasteiger partial charge is 0.167 e. The summed E-state index contributed by atoms with van der Waals surface area (Å²) in [5.74, 6) is 0.288. The molecule has 0 aliphatic rings. The fourth-order valence-corrected chi connectivity index (χ4v) is 1.47. The van der Waals surface area contributed by atoms with Crippen LogP contribution in [-0.4, -0.2) is 43.9 Å². The number of aliphatic hydroxyl groups excluding tert-OH is 1. The minimum atomic E-state index is -0.576. The molecule has 2 heterocycles. The molecule has 0 aromatic carbocycles. The van der Waals surface area contributed by atoms with Gasteiger partial charge in [0.1, 0.15) is 18.6 Å². The quantitative estimate of drug-likeness (QED) is 0.428. The van der Waals surface area contributed by atoms with Crippen LogP contribution >= 0.6 is 0 Å². The predicted molar refractivity (Wildman–Crippen MR) is 65.7 cm³/mol. The Morgan fingerprint density at radius 1 is 1.53 bits per heavy atom. The number of hydrogen-bond acceptors (Lipinski definition) is 7. The molecule has 0 aliphatic heterocycles. The van der Waals surface area contributed by atoms with Crippen molar-refractivity contribution in [3.63, 3.8) is 0 Å². The van der Waals surface area contributed by atoms with Crippen molar-refractivity contribution < 1.29 is 9.84 Å². The first kappa shape index (κ1) is 13.0. The van der Waals surface area contributed by atoms with Crippen molar-refractivity contribution in [2.75, 3.05) is 18.9 Å². The Labute approximate surface area is 107 Å². The largest absolute Gasteiger partial charge is 0.394 e. The minimum absolute atomic E-state index is 0.0523. The maximum atomic E-state index is 9.06. The number of hydrogen-bond donors (Lipinski definition) is 2. The number of nitrogens with zero attached hydrogens (tertiary/aromatic N) is 7. The summed E-state index contributed by atoms with van der Waals surface area (Å²) in [7, 11) is 0. The lowest BCUT2D eigenvalue weighted by Gasteiger charge is -2.13. The van der Waals surface area contributed by atoms with Gasteiger partial charge in [0.15, 0.2) is 11.5 Å². The number of nitrogens with two attached hydrogens (primary N) is 1. The van der Waals surface area contributed by atoms with Crippen molar-refractivity contribution in [2.45, 2.75) is 12.8 Å². The molecule has 10 nitrogen and oxygen atoms in total. The van der Waals surface area contributed by atoms with Gasteiger partial charge in [0.05, 0.1) is 25.6 Å². The SMILES string of the molecule is [N-]=[N+]=NCC(CO)OCn1cnc2c(N)ncnc21. The van der Waals surface area contributed by atoms with E-state index in [2.05, 4.69) is 25.0 Å². The average Bonchev–Trinajstić information content (AvgIpc) is 2.84. The molecule has 10 heteroatoms. The van der Waals surface area contributed by atoms with E-state index >= 15 is 0 Å². The molecule has 0 saturated carbocycles. The number of ether oxygens (including phenoxy) is 1. The van der Waals surface area contributed by atoms with Gasteiger partial charge in [-0.25, -0.2) is 15.0 Å². The fraction of sp³-hybridized carbons (Fsp3) is 0.444. The first-order chi connectivity index (χ1) is 9.26. The third-order valence-corrected chi connectivity index (χ3v) is 2.43. The standard InChI is InChI=1S/C9H12N8O2/c10-8-7-9(13-3-12-8)17(4-14-7)5-19-6(2-18)1-15-16-11/h3-4,6,18H,1-2,5H2,(H2,10,12,13). The molecule has 0 radical (unpaired) electrons. The number of imidazole rings is 1. The molecular weight excluding hydrogens is 252 g/mol. The molecule has 0 bridgehead atoms. The van der Waals surface area contributed by atoms with Gasteiger partial charge in [-0.1, -0.05) is 5.11 Å². The monoisotopic (exact) mass is 264 g/mol. The van der Waals surface area contributed by atoms with E-state index in [0.717, 1.165) is 0 Å². The van der Waals surface area contributed by atoms with E-state index < -0.39 is 6.10 Å². The Balaban J connectivity index is 2.09. The van der Waals surface area contributed by atoms with Crippen LogP contribution in [0, 0.1) is 0 Å². The molecule has 2 aromatic heterocycles. The van der Waals surface area contributed by atoms with Gasteiger partial charge < -0.3 is 15.6 Å². The van der Waals surface area contributed by atoms with Crippen LogP contribution in [0.3, 0.4) is 0 Å². The Hall–Kier alpha value is -2.42. The van der Waals surface area contributed by atoms with Gasteiger partial charge in [0.2, 0.25) is 0 Å². The highest BCUT2D eigenvalue weighted by atomic mass is 16.5.